The number of benzene rings is 1. The molecule has 1 fully saturated rings. The zero-order chi connectivity index (χ0) is 17.8. The Hall–Kier alpha value is -2.83. The second kappa shape index (κ2) is 7.38. The third kappa shape index (κ3) is 3.81. The summed E-state index contributed by atoms with van der Waals surface area (Å²) in [5.41, 5.74) is 1.28. The van der Waals surface area contributed by atoms with Gasteiger partial charge in [-0.3, -0.25) is 9.59 Å². The number of carbonyl (C=O) groups is 1. The lowest BCUT2D eigenvalue weighted by molar-refractivity contribution is -0.120. The Bertz CT molecular complexity index is 818. The van der Waals surface area contributed by atoms with Crippen LogP contribution in [0, 0.1) is 5.92 Å². The summed E-state index contributed by atoms with van der Waals surface area (Å²) in [5.74, 6) is 0.452. The molecule has 0 aliphatic carbocycles. The molecule has 7 heteroatoms. The number of hydrogen-bond acceptors (Lipinski definition) is 5. The SMILES string of the molecule is COc1ccccc1NC(=O)[C@H]1CCCN(c2cnn(C)c(=O)c2)C1. The van der Waals surface area contributed by atoms with E-state index in [1.807, 2.05) is 29.2 Å². The molecule has 1 aliphatic heterocycles. The summed E-state index contributed by atoms with van der Waals surface area (Å²) in [5, 5.41) is 7.01. The van der Waals surface area contributed by atoms with Gasteiger partial charge in [-0.05, 0) is 25.0 Å². The molecule has 0 spiro atoms. The molecule has 0 radical (unpaired) electrons. The molecule has 0 bridgehead atoms. The number of ether oxygens (including phenoxy) is 1. The van der Waals surface area contributed by atoms with E-state index in [9.17, 15) is 9.59 Å². The third-order valence-electron chi connectivity index (χ3n) is 4.48. The van der Waals surface area contributed by atoms with Crippen molar-refractivity contribution in [3.8, 4) is 5.75 Å². The first-order chi connectivity index (χ1) is 12.1. The predicted octanol–water partition coefficient (Wildman–Crippen LogP) is 1.64. The molecule has 2 aromatic rings. The standard InChI is InChI=1S/C18H22N4O3/c1-21-17(23)10-14(11-19-21)22-9-5-6-13(12-22)18(24)20-15-7-3-4-8-16(15)25-2/h3-4,7-8,10-11,13H,5-6,9,12H2,1-2H3,(H,20,24)/t13-/m0/s1. The molecule has 1 aromatic carbocycles. The van der Waals surface area contributed by atoms with Crippen LogP contribution in [0.5, 0.6) is 5.75 Å². The van der Waals surface area contributed by atoms with Crippen LogP contribution in [0.2, 0.25) is 0 Å². The van der Waals surface area contributed by atoms with Crippen molar-refractivity contribution in [3.63, 3.8) is 0 Å². The van der Waals surface area contributed by atoms with Crippen molar-refractivity contribution < 1.29 is 9.53 Å². The normalized spacial score (nSPS) is 17.2. The van der Waals surface area contributed by atoms with Gasteiger partial charge in [-0.2, -0.15) is 5.10 Å². The van der Waals surface area contributed by atoms with E-state index >= 15 is 0 Å². The number of hydrogen-bond donors (Lipinski definition) is 1. The van der Waals surface area contributed by atoms with E-state index in [2.05, 4.69) is 10.4 Å². The van der Waals surface area contributed by atoms with Gasteiger partial charge in [0.2, 0.25) is 5.91 Å². The Balaban J connectivity index is 1.71. The molecule has 1 atom stereocenters. The topological polar surface area (TPSA) is 76.5 Å². The molecule has 0 unspecified atom stereocenters. The molecule has 0 saturated carbocycles. The average molecular weight is 342 g/mol. The Labute approximate surface area is 146 Å². The minimum absolute atomic E-state index is 0.0361. The Kier molecular flexibility index (Phi) is 5.02. The highest BCUT2D eigenvalue weighted by Gasteiger charge is 2.27. The van der Waals surface area contributed by atoms with E-state index in [0.29, 0.717) is 18.0 Å². The average Bonchev–Trinajstić information content (AvgIpc) is 2.64. The largest absolute Gasteiger partial charge is 0.495 e. The van der Waals surface area contributed by atoms with Gasteiger partial charge in [0, 0.05) is 26.2 Å². The highest BCUT2D eigenvalue weighted by atomic mass is 16.5. The summed E-state index contributed by atoms with van der Waals surface area (Å²) in [4.78, 5) is 26.5. The number of carbonyl (C=O) groups excluding carboxylic acids is 1. The molecule has 25 heavy (non-hydrogen) atoms. The number of anilines is 2. The van der Waals surface area contributed by atoms with Crippen LogP contribution in [-0.4, -0.2) is 35.9 Å². The lowest BCUT2D eigenvalue weighted by Gasteiger charge is -2.33. The molecule has 1 N–H and O–H groups in total. The van der Waals surface area contributed by atoms with Crippen LogP contribution in [0.15, 0.2) is 41.3 Å². The van der Waals surface area contributed by atoms with Crippen LogP contribution in [0.25, 0.3) is 0 Å². The van der Waals surface area contributed by atoms with Crippen molar-refractivity contribution >= 4 is 17.3 Å². The lowest BCUT2D eigenvalue weighted by atomic mass is 9.96. The van der Waals surface area contributed by atoms with Crippen molar-refractivity contribution in [3.05, 3.63) is 46.9 Å². The Morgan fingerprint density at radius 3 is 2.92 bits per heavy atom. The molecule has 1 aliphatic rings. The summed E-state index contributed by atoms with van der Waals surface area (Å²) < 4.78 is 6.57. The van der Waals surface area contributed by atoms with Gasteiger partial charge < -0.3 is 15.0 Å². The van der Waals surface area contributed by atoms with Crippen LogP contribution in [0.3, 0.4) is 0 Å². The van der Waals surface area contributed by atoms with Crippen LogP contribution >= 0.6 is 0 Å². The van der Waals surface area contributed by atoms with Crippen molar-refractivity contribution in [1.29, 1.82) is 0 Å². The maximum absolute atomic E-state index is 12.7. The summed E-state index contributed by atoms with van der Waals surface area (Å²) in [6, 6.07) is 8.92. The first-order valence-corrected chi connectivity index (χ1v) is 8.30. The molecule has 132 valence electrons. The van der Waals surface area contributed by atoms with Crippen LogP contribution in [-0.2, 0) is 11.8 Å². The van der Waals surface area contributed by atoms with E-state index in [-0.39, 0.29) is 17.4 Å². The fourth-order valence-electron chi connectivity index (χ4n) is 3.04. The molecule has 3 rings (SSSR count). The molecule has 1 amide bonds. The van der Waals surface area contributed by atoms with Crippen LogP contribution in [0.1, 0.15) is 12.8 Å². The quantitative estimate of drug-likeness (QED) is 0.914. The van der Waals surface area contributed by atoms with Crippen LogP contribution in [0.4, 0.5) is 11.4 Å². The predicted molar refractivity (Wildman–Crippen MR) is 96.0 cm³/mol. The van der Waals surface area contributed by atoms with Gasteiger partial charge in [0.1, 0.15) is 5.75 Å². The molecular weight excluding hydrogens is 320 g/mol. The maximum atomic E-state index is 12.7. The minimum Gasteiger partial charge on any atom is -0.495 e. The molecule has 7 nitrogen and oxygen atoms in total. The van der Waals surface area contributed by atoms with E-state index in [1.165, 1.54) is 4.68 Å². The monoisotopic (exact) mass is 342 g/mol. The smallest absolute Gasteiger partial charge is 0.268 e. The first-order valence-electron chi connectivity index (χ1n) is 8.30. The van der Waals surface area contributed by atoms with Gasteiger partial charge in [0.15, 0.2) is 0 Å². The zero-order valence-corrected chi connectivity index (χ0v) is 14.4. The third-order valence-corrected chi connectivity index (χ3v) is 4.48. The number of nitrogens with one attached hydrogen (secondary N) is 1. The van der Waals surface area contributed by atoms with E-state index < -0.39 is 0 Å². The van der Waals surface area contributed by atoms with Crippen molar-refractivity contribution in [2.75, 3.05) is 30.4 Å². The number of rotatable bonds is 4. The Morgan fingerprint density at radius 2 is 2.16 bits per heavy atom. The summed E-state index contributed by atoms with van der Waals surface area (Å²) in [6.07, 6.45) is 3.37. The van der Waals surface area contributed by atoms with Crippen molar-refractivity contribution in [2.45, 2.75) is 12.8 Å². The van der Waals surface area contributed by atoms with Gasteiger partial charge >= 0.3 is 0 Å². The van der Waals surface area contributed by atoms with Gasteiger partial charge in [0.05, 0.1) is 30.6 Å². The fourth-order valence-corrected chi connectivity index (χ4v) is 3.04. The number of piperidine rings is 1. The fraction of sp³-hybridized carbons (Fsp3) is 0.389. The highest BCUT2D eigenvalue weighted by Crippen LogP contribution is 2.26. The number of para-hydroxylation sites is 2. The molecule has 2 heterocycles. The summed E-state index contributed by atoms with van der Waals surface area (Å²) in [7, 11) is 3.20. The highest BCUT2D eigenvalue weighted by molar-refractivity contribution is 5.94. The number of aryl methyl sites for hydroxylation is 1. The molecule has 1 aromatic heterocycles. The van der Waals surface area contributed by atoms with E-state index in [0.717, 1.165) is 25.1 Å². The summed E-state index contributed by atoms with van der Waals surface area (Å²) >= 11 is 0. The van der Waals surface area contributed by atoms with Gasteiger partial charge in [-0.25, -0.2) is 4.68 Å². The van der Waals surface area contributed by atoms with Crippen molar-refractivity contribution in [1.82, 2.24) is 9.78 Å². The van der Waals surface area contributed by atoms with Gasteiger partial charge in [0.25, 0.3) is 5.56 Å². The second-order valence-corrected chi connectivity index (χ2v) is 6.15. The number of methoxy groups -OCH3 is 1. The minimum atomic E-state index is -0.155. The maximum Gasteiger partial charge on any atom is 0.268 e. The van der Waals surface area contributed by atoms with Gasteiger partial charge in [-0.15, -0.1) is 0 Å². The second-order valence-electron chi connectivity index (χ2n) is 6.15. The van der Waals surface area contributed by atoms with E-state index in [4.69, 9.17) is 4.74 Å². The molecular formula is C18H22N4O3. The first kappa shape index (κ1) is 17.0. The van der Waals surface area contributed by atoms with Crippen LogP contribution < -0.4 is 20.5 Å². The number of nitrogens with zero attached hydrogens (tertiary/aromatic N) is 3. The number of amides is 1. The Morgan fingerprint density at radius 1 is 1.36 bits per heavy atom. The van der Waals surface area contributed by atoms with Gasteiger partial charge in [-0.1, -0.05) is 12.1 Å². The van der Waals surface area contributed by atoms with Crippen molar-refractivity contribution in [2.24, 2.45) is 13.0 Å². The van der Waals surface area contributed by atoms with E-state index in [1.54, 1.807) is 26.4 Å². The zero-order valence-electron chi connectivity index (χ0n) is 14.4. The number of aromatic nitrogens is 2. The summed E-state index contributed by atoms with van der Waals surface area (Å²) in [6.45, 7) is 1.38. The molecule has 1 saturated heterocycles. The lowest BCUT2D eigenvalue weighted by Crippen LogP contribution is -2.41.